The average Bonchev–Trinajstić information content (AvgIpc) is 3.33. The summed E-state index contributed by atoms with van der Waals surface area (Å²) >= 11 is 0. The normalized spacial score (nSPS) is 21.2. The van der Waals surface area contributed by atoms with Gasteiger partial charge in [-0.1, -0.05) is 19.3 Å². The molecular weight excluding hydrogens is 302 g/mol. The summed E-state index contributed by atoms with van der Waals surface area (Å²) in [5.74, 6) is 0.706. The molecule has 0 aliphatic heterocycles. The van der Waals surface area contributed by atoms with Gasteiger partial charge in [0.15, 0.2) is 0 Å². The van der Waals surface area contributed by atoms with E-state index in [9.17, 15) is 4.79 Å². The Balaban J connectivity index is 1.68. The molecule has 2 aliphatic rings. The summed E-state index contributed by atoms with van der Waals surface area (Å²) in [5.41, 5.74) is 7.17. The number of nitrogens with one attached hydrogen (secondary N) is 1. The Morgan fingerprint density at radius 2 is 2.04 bits per heavy atom. The quantitative estimate of drug-likeness (QED) is 0.864. The SMILES string of the molecule is Cc1nc(N(C)C2CCCCC2)ncc1[C@H](C)NC(=O)C1(N)CC1. The Morgan fingerprint density at radius 3 is 2.62 bits per heavy atom. The van der Waals surface area contributed by atoms with Crippen LogP contribution in [0.5, 0.6) is 0 Å². The highest BCUT2D eigenvalue weighted by molar-refractivity contribution is 5.89. The fourth-order valence-electron chi connectivity index (χ4n) is 3.47. The number of aromatic nitrogens is 2. The maximum absolute atomic E-state index is 12.1. The standard InChI is InChI=1S/C18H29N5O/c1-12(21-16(24)18(19)9-10-18)15-11-20-17(22-13(15)2)23(3)14-7-5-4-6-8-14/h11-12,14H,4-10,19H2,1-3H3,(H,21,24)/t12-/m0/s1. The van der Waals surface area contributed by atoms with Crippen molar-refractivity contribution in [2.45, 2.75) is 76.4 Å². The minimum absolute atomic E-state index is 0.0715. The van der Waals surface area contributed by atoms with Gasteiger partial charge in [-0.15, -0.1) is 0 Å². The van der Waals surface area contributed by atoms with Gasteiger partial charge in [-0.2, -0.15) is 0 Å². The van der Waals surface area contributed by atoms with Crippen molar-refractivity contribution in [2.75, 3.05) is 11.9 Å². The second-order valence-electron chi connectivity index (χ2n) is 7.46. The summed E-state index contributed by atoms with van der Waals surface area (Å²) in [6.07, 6.45) is 9.72. The highest BCUT2D eigenvalue weighted by Gasteiger charge is 2.46. The fourth-order valence-corrected chi connectivity index (χ4v) is 3.47. The van der Waals surface area contributed by atoms with Gasteiger partial charge < -0.3 is 16.0 Å². The Hall–Kier alpha value is -1.69. The minimum atomic E-state index is -0.649. The van der Waals surface area contributed by atoms with E-state index in [0.29, 0.717) is 6.04 Å². The second kappa shape index (κ2) is 6.67. The van der Waals surface area contributed by atoms with Crippen molar-refractivity contribution in [3.8, 4) is 0 Å². The Bertz CT molecular complexity index is 607. The molecule has 3 rings (SSSR count). The second-order valence-corrected chi connectivity index (χ2v) is 7.46. The molecule has 0 spiro atoms. The van der Waals surface area contributed by atoms with Crippen molar-refractivity contribution in [3.05, 3.63) is 17.5 Å². The molecule has 2 aliphatic carbocycles. The molecule has 0 bridgehead atoms. The minimum Gasteiger partial charge on any atom is -0.348 e. The van der Waals surface area contributed by atoms with Crippen molar-refractivity contribution >= 4 is 11.9 Å². The lowest BCUT2D eigenvalue weighted by Crippen LogP contribution is -2.43. The van der Waals surface area contributed by atoms with Gasteiger partial charge in [0.1, 0.15) is 0 Å². The third-order valence-electron chi connectivity index (χ3n) is 5.50. The van der Waals surface area contributed by atoms with Crippen LogP contribution in [0, 0.1) is 6.92 Å². The van der Waals surface area contributed by atoms with Crippen LogP contribution < -0.4 is 16.0 Å². The van der Waals surface area contributed by atoms with Crippen LogP contribution in [0.25, 0.3) is 0 Å². The molecule has 2 saturated carbocycles. The maximum Gasteiger partial charge on any atom is 0.240 e. The van der Waals surface area contributed by atoms with Crippen LogP contribution in [0.15, 0.2) is 6.20 Å². The number of carbonyl (C=O) groups excluding carboxylic acids is 1. The van der Waals surface area contributed by atoms with E-state index in [4.69, 9.17) is 5.73 Å². The number of anilines is 1. The van der Waals surface area contributed by atoms with Gasteiger partial charge in [0, 0.05) is 30.5 Å². The Kier molecular flexibility index (Phi) is 4.76. The number of carbonyl (C=O) groups is 1. The first-order valence-electron chi connectivity index (χ1n) is 9.07. The van der Waals surface area contributed by atoms with Crippen molar-refractivity contribution < 1.29 is 4.79 Å². The zero-order valence-electron chi connectivity index (χ0n) is 15.0. The van der Waals surface area contributed by atoms with Gasteiger partial charge in [-0.05, 0) is 39.5 Å². The highest BCUT2D eigenvalue weighted by Crippen LogP contribution is 2.33. The molecule has 0 saturated heterocycles. The molecule has 24 heavy (non-hydrogen) atoms. The molecule has 6 nitrogen and oxygen atoms in total. The molecule has 132 valence electrons. The predicted molar refractivity (Wildman–Crippen MR) is 94.8 cm³/mol. The number of rotatable bonds is 5. The zero-order valence-corrected chi connectivity index (χ0v) is 15.0. The molecule has 0 unspecified atom stereocenters. The summed E-state index contributed by atoms with van der Waals surface area (Å²) in [5, 5.41) is 2.99. The lowest BCUT2D eigenvalue weighted by Gasteiger charge is -2.31. The first kappa shape index (κ1) is 17.1. The summed E-state index contributed by atoms with van der Waals surface area (Å²) in [7, 11) is 2.08. The monoisotopic (exact) mass is 331 g/mol. The summed E-state index contributed by atoms with van der Waals surface area (Å²) in [4.78, 5) is 23.6. The Morgan fingerprint density at radius 1 is 1.38 bits per heavy atom. The summed E-state index contributed by atoms with van der Waals surface area (Å²) < 4.78 is 0. The summed E-state index contributed by atoms with van der Waals surface area (Å²) in [6.45, 7) is 3.94. The van der Waals surface area contributed by atoms with Crippen LogP contribution in [0.4, 0.5) is 5.95 Å². The van der Waals surface area contributed by atoms with Crippen LogP contribution >= 0.6 is 0 Å². The molecular formula is C18H29N5O. The van der Waals surface area contributed by atoms with E-state index in [2.05, 4.69) is 27.2 Å². The van der Waals surface area contributed by atoms with Gasteiger partial charge in [0.25, 0.3) is 0 Å². The predicted octanol–water partition coefficient (Wildman–Crippen LogP) is 2.22. The van der Waals surface area contributed by atoms with E-state index >= 15 is 0 Å². The Labute approximate surface area is 144 Å². The number of amides is 1. The van der Waals surface area contributed by atoms with Gasteiger partial charge in [-0.25, -0.2) is 9.97 Å². The third kappa shape index (κ3) is 3.53. The van der Waals surface area contributed by atoms with Crippen molar-refractivity contribution in [3.63, 3.8) is 0 Å². The fraction of sp³-hybridized carbons (Fsp3) is 0.722. The number of hydrogen-bond donors (Lipinski definition) is 2. The van der Waals surface area contributed by atoms with Crippen molar-refractivity contribution in [1.29, 1.82) is 0 Å². The molecule has 3 N–H and O–H groups in total. The van der Waals surface area contributed by atoms with Crippen molar-refractivity contribution in [2.24, 2.45) is 5.73 Å². The molecule has 1 aromatic rings. The van der Waals surface area contributed by atoms with E-state index in [-0.39, 0.29) is 11.9 Å². The first-order valence-corrected chi connectivity index (χ1v) is 9.07. The summed E-state index contributed by atoms with van der Waals surface area (Å²) in [6, 6.07) is 0.403. The average molecular weight is 331 g/mol. The maximum atomic E-state index is 12.1. The zero-order chi connectivity index (χ0) is 17.3. The van der Waals surface area contributed by atoms with Crippen molar-refractivity contribution in [1.82, 2.24) is 15.3 Å². The largest absolute Gasteiger partial charge is 0.348 e. The first-order chi connectivity index (χ1) is 11.4. The number of aryl methyl sites for hydroxylation is 1. The smallest absolute Gasteiger partial charge is 0.240 e. The molecule has 0 radical (unpaired) electrons. The number of nitrogens with zero attached hydrogens (tertiary/aromatic N) is 3. The van der Waals surface area contributed by atoms with Crippen LogP contribution in [0.3, 0.4) is 0 Å². The molecule has 0 aromatic carbocycles. The van der Waals surface area contributed by atoms with Gasteiger partial charge in [0.05, 0.1) is 11.6 Å². The van der Waals surface area contributed by atoms with E-state index in [1.165, 1.54) is 32.1 Å². The van der Waals surface area contributed by atoms with E-state index in [1.807, 2.05) is 20.0 Å². The number of nitrogens with two attached hydrogens (primary N) is 1. The van der Waals surface area contributed by atoms with Gasteiger partial charge >= 0.3 is 0 Å². The number of hydrogen-bond acceptors (Lipinski definition) is 5. The molecule has 1 atom stereocenters. The van der Waals surface area contributed by atoms with Gasteiger partial charge in [-0.3, -0.25) is 4.79 Å². The van der Waals surface area contributed by atoms with Crippen LogP contribution in [0.2, 0.25) is 0 Å². The van der Waals surface area contributed by atoms with Crippen LogP contribution in [-0.4, -0.2) is 34.5 Å². The topological polar surface area (TPSA) is 84.1 Å². The molecule has 2 fully saturated rings. The van der Waals surface area contributed by atoms with E-state index in [1.54, 1.807) is 0 Å². The van der Waals surface area contributed by atoms with Crippen LogP contribution in [-0.2, 0) is 4.79 Å². The molecule has 1 heterocycles. The highest BCUT2D eigenvalue weighted by atomic mass is 16.2. The molecule has 1 amide bonds. The van der Waals surface area contributed by atoms with Crippen LogP contribution in [0.1, 0.15) is 69.2 Å². The van der Waals surface area contributed by atoms with E-state index < -0.39 is 5.54 Å². The lowest BCUT2D eigenvalue weighted by atomic mass is 9.95. The molecule has 1 aromatic heterocycles. The van der Waals surface area contributed by atoms with E-state index in [0.717, 1.165) is 30.0 Å². The van der Waals surface area contributed by atoms with Gasteiger partial charge in [0.2, 0.25) is 11.9 Å². The third-order valence-corrected chi connectivity index (χ3v) is 5.50. The lowest BCUT2D eigenvalue weighted by molar-refractivity contribution is -0.123. The molecule has 6 heteroatoms.